The summed E-state index contributed by atoms with van der Waals surface area (Å²) in [7, 11) is 0. The lowest BCUT2D eigenvalue weighted by Crippen LogP contribution is -1.84. The van der Waals surface area contributed by atoms with E-state index in [1.54, 1.807) is 18.2 Å². The molecule has 0 spiro atoms. The second-order valence-corrected chi connectivity index (χ2v) is 4.40. The summed E-state index contributed by atoms with van der Waals surface area (Å²) >= 11 is 0. The Morgan fingerprint density at radius 3 is 1.12 bits per heavy atom. The van der Waals surface area contributed by atoms with Crippen LogP contribution >= 0.6 is 0 Å². The van der Waals surface area contributed by atoms with Crippen molar-refractivity contribution in [3.8, 4) is 0 Å². The molecular formula is C18H19N3O5. The van der Waals surface area contributed by atoms with Crippen molar-refractivity contribution in [3.05, 3.63) is 117 Å². The molecule has 0 heterocycles. The van der Waals surface area contributed by atoms with Gasteiger partial charge in [0, 0.05) is 17.8 Å². The summed E-state index contributed by atoms with van der Waals surface area (Å²) < 4.78 is 0. The van der Waals surface area contributed by atoms with Gasteiger partial charge in [0.05, 0.1) is 4.92 Å². The number of para-hydroxylation sites is 2. The van der Waals surface area contributed by atoms with Gasteiger partial charge in [-0.1, -0.05) is 72.8 Å². The highest BCUT2D eigenvalue weighted by Gasteiger charge is 1.98. The lowest BCUT2D eigenvalue weighted by molar-refractivity contribution is -0.742. The smallest absolute Gasteiger partial charge is 0.291 e. The quantitative estimate of drug-likeness (QED) is 0.381. The number of nitrogens with zero attached hydrogens (tertiary/aromatic N) is 2. The van der Waals surface area contributed by atoms with E-state index in [0.29, 0.717) is 0 Å². The van der Waals surface area contributed by atoms with E-state index in [1.807, 2.05) is 66.7 Å². The number of nitrogen functional groups attached to an aromatic ring is 1. The standard InChI is InChI=1S/C6H5NO2.C6H7N.C6H6.HNO3/c8-7(9)6-4-2-1-3-5-6;7-6-4-2-1-3-5-6;1-2-4-6-5-3-1;2-1(3)4/h1-5H;1-5H,7H2;1-6H;(H,2,3,4). The Labute approximate surface area is 150 Å². The Kier molecular flexibility index (Phi) is 12.4. The molecule has 0 aliphatic heterocycles. The van der Waals surface area contributed by atoms with Crippen molar-refractivity contribution in [1.29, 1.82) is 0 Å². The largest absolute Gasteiger partial charge is 0.399 e. The third kappa shape index (κ3) is 15.0. The highest BCUT2D eigenvalue weighted by Crippen LogP contribution is 2.06. The predicted molar refractivity (Wildman–Crippen MR) is 99.2 cm³/mol. The third-order valence-corrected chi connectivity index (χ3v) is 2.43. The Morgan fingerprint density at radius 2 is 0.923 bits per heavy atom. The summed E-state index contributed by atoms with van der Waals surface area (Å²) in [4.78, 5) is 18.0. The first-order valence-electron chi connectivity index (χ1n) is 7.26. The van der Waals surface area contributed by atoms with Crippen LogP contribution in [0.2, 0.25) is 0 Å². The number of nitrogens with two attached hydrogens (primary N) is 1. The lowest BCUT2D eigenvalue weighted by Gasteiger charge is -1.85. The molecule has 0 aliphatic rings. The van der Waals surface area contributed by atoms with Gasteiger partial charge in [0.25, 0.3) is 10.8 Å². The van der Waals surface area contributed by atoms with Crippen molar-refractivity contribution in [2.45, 2.75) is 0 Å². The molecule has 8 nitrogen and oxygen atoms in total. The first kappa shape index (κ1) is 22.1. The predicted octanol–water partition coefficient (Wildman–Crippen LogP) is 4.20. The van der Waals surface area contributed by atoms with Crippen LogP contribution in [0.3, 0.4) is 0 Å². The average molecular weight is 357 g/mol. The SMILES string of the molecule is Nc1ccccc1.O=[N+]([O-])O.O=[N+]([O-])c1ccccc1.c1ccccc1. The van der Waals surface area contributed by atoms with Gasteiger partial charge in [-0.05, 0) is 12.1 Å². The normalized spacial score (nSPS) is 8.15. The monoisotopic (exact) mass is 357 g/mol. The number of hydrogen-bond acceptors (Lipinski definition) is 5. The number of nitro groups is 1. The lowest BCUT2D eigenvalue weighted by atomic mass is 10.3. The summed E-state index contributed by atoms with van der Waals surface area (Å²) in [6.45, 7) is 0. The number of hydrogen-bond donors (Lipinski definition) is 2. The zero-order valence-corrected chi connectivity index (χ0v) is 13.8. The van der Waals surface area contributed by atoms with E-state index >= 15 is 0 Å². The molecule has 3 rings (SSSR count). The molecule has 0 saturated heterocycles. The first-order valence-corrected chi connectivity index (χ1v) is 7.26. The van der Waals surface area contributed by atoms with Crippen molar-refractivity contribution >= 4 is 11.4 Å². The number of nitro benzene ring substituents is 1. The minimum Gasteiger partial charge on any atom is -0.399 e. The second-order valence-electron chi connectivity index (χ2n) is 4.40. The van der Waals surface area contributed by atoms with Gasteiger partial charge in [0.1, 0.15) is 0 Å². The maximum absolute atomic E-state index is 10.0. The van der Waals surface area contributed by atoms with Crippen LogP contribution in [0.4, 0.5) is 11.4 Å². The van der Waals surface area contributed by atoms with Crippen LogP contribution in [0, 0.1) is 20.2 Å². The van der Waals surface area contributed by atoms with E-state index in [9.17, 15) is 10.1 Å². The molecule has 0 atom stereocenters. The third-order valence-electron chi connectivity index (χ3n) is 2.43. The van der Waals surface area contributed by atoms with Gasteiger partial charge in [-0.2, -0.15) is 0 Å². The zero-order valence-electron chi connectivity index (χ0n) is 13.8. The van der Waals surface area contributed by atoms with E-state index in [4.69, 9.17) is 21.1 Å². The van der Waals surface area contributed by atoms with Crippen LogP contribution < -0.4 is 5.73 Å². The fraction of sp³-hybridized carbons (Fsp3) is 0. The van der Waals surface area contributed by atoms with Crippen LogP contribution in [0.1, 0.15) is 0 Å². The van der Waals surface area contributed by atoms with Crippen molar-refractivity contribution in [3.63, 3.8) is 0 Å². The minimum atomic E-state index is -1.50. The van der Waals surface area contributed by atoms with Crippen LogP contribution in [0.5, 0.6) is 0 Å². The highest BCUT2D eigenvalue weighted by molar-refractivity contribution is 5.35. The summed E-state index contributed by atoms with van der Waals surface area (Å²) in [5, 5.41) is 23.6. The maximum Gasteiger partial charge on any atom is 0.291 e. The Hall–Kier alpha value is -3.94. The molecular weight excluding hydrogens is 338 g/mol. The summed E-state index contributed by atoms with van der Waals surface area (Å²) in [6, 6.07) is 29.4. The van der Waals surface area contributed by atoms with Crippen molar-refractivity contribution in [2.24, 2.45) is 0 Å². The molecule has 0 unspecified atom stereocenters. The van der Waals surface area contributed by atoms with Crippen molar-refractivity contribution in [1.82, 2.24) is 0 Å². The number of rotatable bonds is 1. The van der Waals surface area contributed by atoms with Crippen molar-refractivity contribution in [2.75, 3.05) is 5.73 Å². The molecule has 8 heteroatoms. The fourth-order valence-corrected chi connectivity index (χ4v) is 1.39. The van der Waals surface area contributed by atoms with E-state index in [1.165, 1.54) is 12.1 Å². The first-order chi connectivity index (χ1) is 12.4. The molecule has 3 N–H and O–H groups in total. The molecule has 26 heavy (non-hydrogen) atoms. The number of anilines is 1. The van der Waals surface area contributed by atoms with Crippen molar-refractivity contribution < 1.29 is 15.2 Å². The van der Waals surface area contributed by atoms with Crippen LogP contribution in [0.25, 0.3) is 0 Å². The van der Waals surface area contributed by atoms with Gasteiger partial charge in [-0.25, -0.2) is 0 Å². The number of benzene rings is 3. The minimum absolute atomic E-state index is 0.137. The molecule has 0 saturated carbocycles. The second kappa shape index (κ2) is 14.6. The molecule has 0 amide bonds. The van der Waals surface area contributed by atoms with Gasteiger partial charge in [0.15, 0.2) is 0 Å². The van der Waals surface area contributed by atoms with E-state index < -0.39 is 10.0 Å². The molecule has 0 aliphatic carbocycles. The number of non-ortho nitro benzene ring substituents is 1. The van der Waals surface area contributed by atoms with E-state index in [2.05, 4.69) is 0 Å². The Bertz CT molecular complexity index is 695. The summed E-state index contributed by atoms with van der Waals surface area (Å²) in [5.74, 6) is 0. The average Bonchev–Trinajstić information content (AvgIpc) is 2.65. The van der Waals surface area contributed by atoms with Gasteiger partial charge in [0.2, 0.25) is 0 Å². The molecule has 0 aromatic heterocycles. The van der Waals surface area contributed by atoms with Gasteiger partial charge < -0.3 is 10.9 Å². The summed E-state index contributed by atoms with van der Waals surface area (Å²) in [5.41, 5.74) is 6.32. The maximum atomic E-state index is 10.0. The summed E-state index contributed by atoms with van der Waals surface area (Å²) in [6.07, 6.45) is 0. The van der Waals surface area contributed by atoms with Crippen LogP contribution in [-0.2, 0) is 0 Å². The molecule has 3 aromatic rings. The Morgan fingerprint density at radius 1 is 0.654 bits per heavy atom. The van der Waals surface area contributed by atoms with Gasteiger partial charge in [-0.3, -0.25) is 10.1 Å². The van der Waals surface area contributed by atoms with Gasteiger partial charge >= 0.3 is 0 Å². The molecule has 0 fully saturated rings. The topological polar surface area (TPSA) is 133 Å². The van der Waals surface area contributed by atoms with Crippen LogP contribution in [-0.4, -0.2) is 15.2 Å². The van der Waals surface area contributed by atoms with Gasteiger partial charge in [-0.15, -0.1) is 10.1 Å². The fourth-order valence-electron chi connectivity index (χ4n) is 1.39. The van der Waals surface area contributed by atoms with E-state index in [-0.39, 0.29) is 5.69 Å². The molecule has 0 radical (unpaired) electrons. The Balaban J connectivity index is 0.000000334. The highest BCUT2D eigenvalue weighted by atomic mass is 16.9. The molecule has 3 aromatic carbocycles. The van der Waals surface area contributed by atoms with Crippen LogP contribution in [0.15, 0.2) is 97.1 Å². The zero-order chi connectivity index (χ0) is 19.6. The molecule has 136 valence electrons. The van der Waals surface area contributed by atoms with E-state index in [0.717, 1.165) is 5.69 Å². The molecule has 0 bridgehead atoms.